The van der Waals surface area contributed by atoms with Gasteiger partial charge in [0.05, 0.1) is 26.3 Å². The number of benzene rings is 4. The lowest BCUT2D eigenvalue weighted by atomic mass is 10.2. The molecule has 0 spiro atoms. The average Bonchev–Trinajstić information content (AvgIpc) is 3.31. The van der Waals surface area contributed by atoms with Crippen molar-refractivity contribution in [1.82, 2.24) is 0 Å². The lowest BCUT2D eigenvalue weighted by molar-refractivity contribution is -0.910. The maximum absolute atomic E-state index is 2.44. The van der Waals surface area contributed by atoms with Crippen LogP contribution in [0.1, 0.15) is 29.5 Å². The van der Waals surface area contributed by atoms with Crippen molar-refractivity contribution in [2.45, 2.75) is 32.5 Å². The molecule has 5 rings (SSSR count). The molecule has 1 aliphatic rings. The molecule has 172 valence electrons. The first-order valence-electron chi connectivity index (χ1n) is 12.6. The van der Waals surface area contributed by atoms with E-state index in [2.05, 4.69) is 123 Å². The molecule has 1 fully saturated rings. The number of hydrogen-bond donors (Lipinski definition) is 0. The second-order valence-electron chi connectivity index (χ2n) is 10.2. The van der Waals surface area contributed by atoms with Gasteiger partial charge in [0.25, 0.3) is 0 Å². The number of hydrogen-bond acceptors (Lipinski definition) is 0. The minimum absolute atomic E-state index is 1.04. The van der Waals surface area contributed by atoms with Crippen LogP contribution < -0.4 is 15.9 Å². The van der Waals surface area contributed by atoms with Crippen LogP contribution in [0.25, 0.3) is 0 Å². The molecule has 0 saturated carbocycles. The van der Waals surface area contributed by atoms with E-state index in [4.69, 9.17) is 0 Å². The first-order valence-corrected chi connectivity index (χ1v) is 14.5. The molecule has 0 aromatic heterocycles. The Labute approximate surface area is 206 Å². The average molecular weight is 466 g/mol. The van der Waals surface area contributed by atoms with Crippen LogP contribution in [0, 0.1) is 6.92 Å². The maximum atomic E-state index is 2.44. The highest BCUT2D eigenvalue weighted by Crippen LogP contribution is 2.58. The molecule has 0 bridgehead atoms. The molecular formula is C32H36NP+2. The van der Waals surface area contributed by atoms with Gasteiger partial charge in [-0.3, -0.25) is 0 Å². The number of aryl methyl sites for hydroxylation is 1. The van der Waals surface area contributed by atoms with Gasteiger partial charge in [-0.15, -0.1) is 0 Å². The lowest BCUT2D eigenvalue weighted by Gasteiger charge is -2.30. The summed E-state index contributed by atoms with van der Waals surface area (Å²) in [6, 6.07) is 41.3. The number of likely N-dealkylation sites (tertiary alicyclic amines) is 1. The Morgan fingerprint density at radius 2 is 1.06 bits per heavy atom. The zero-order chi connectivity index (χ0) is 23.4. The number of rotatable bonds is 7. The summed E-state index contributed by atoms with van der Waals surface area (Å²) in [6.45, 7) is 5.92. The highest BCUT2D eigenvalue weighted by molar-refractivity contribution is 7.95. The zero-order valence-electron chi connectivity index (χ0n) is 20.5. The van der Waals surface area contributed by atoms with E-state index in [0.29, 0.717) is 0 Å². The summed E-state index contributed by atoms with van der Waals surface area (Å²) in [6.07, 6.45) is 3.76. The van der Waals surface area contributed by atoms with Gasteiger partial charge in [0.15, 0.2) is 0 Å². The molecule has 1 aliphatic heterocycles. The van der Waals surface area contributed by atoms with Gasteiger partial charge in [0.2, 0.25) is 0 Å². The Bertz CT molecular complexity index is 1150. The van der Waals surface area contributed by atoms with Crippen molar-refractivity contribution in [3.8, 4) is 0 Å². The Morgan fingerprint density at radius 1 is 0.588 bits per heavy atom. The van der Waals surface area contributed by atoms with Crippen LogP contribution in [-0.2, 0) is 12.7 Å². The van der Waals surface area contributed by atoms with E-state index in [0.717, 1.165) is 12.7 Å². The van der Waals surface area contributed by atoms with E-state index < -0.39 is 7.26 Å². The molecule has 0 amide bonds. The third-order valence-electron chi connectivity index (χ3n) is 7.52. The third kappa shape index (κ3) is 4.74. The molecule has 0 unspecified atom stereocenters. The molecule has 1 saturated heterocycles. The second kappa shape index (κ2) is 9.87. The van der Waals surface area contributed by atoms with E-state index in [1.165, 1.54) is 63.0 Å². The highest BCUT2D eigenvalue weighted by atomic mass is 31.2. The molecular weight excluding hydrogens is 429 g/mol. The Hall–Kier alpha value is -2.73. The van der Waals surface area contributed by atoms with Crippen molar-refractivity contribution in [3.05, 3.63) is 126 Å². The summed E-state index contributed by atoms with van der Waals surface area (Å²) >= 11 is 0. The molecule has 4 aromatic carbocycles. The van der Waals surface area contributed by atoms with Gasteiger partial charge in [0, 0.05) is 18.4 Å². The topological polar surface area (TPSA) is 0 Å². The van der Waals surface area contributed by atoms with E-state index in [1.807, 2.05) is 0 Å². The van der Waals surface area contributed by atoms with Gasteiger partial charge in [-0.05, 0) is 61.0 Å². The van der Waals surface area contributed by atoms with Crippen molar-refractivity contribution < 1.29 is 4.48 Å². The Morgan fingerprint density at radius 3 is 1.59 bits per heavy atom. The third-order valence-corrected chi connectivity index (χ3v) is 11.9. The summed E-state index contributed by atoms with van der Waals surface area (Å²) in [5.41, 5.74) is 4.18. The van der Waals surface area contributed by atoms with Gasteiger partial charge in [0.1, 0.15) is 29.7 Å². The summed E-state index contributed by atoms with van der Waals surface area (Å²) in [5.74, 6) is 0. The van der Waals surface area contributed by atoms with Crippen LogP contribution in [0.4, 0.5) is 0 Å². The molecule has 0 radical (unpaired) electrons. The summed E-state index contributed by atoms with van der Waals surface area (Å²) in [7, 11) is 0.552. The van der Waals surface area contributed by atoms with E-state index in [1.54, 1.807) is 0 Å². The number of nitrogens with zero attached hydrogens (tertiary/aromatic N) is 1. The van der Waals surface area contributed by atoms with Crippen molar-refractivity contribution in [2.75, 3.05) is 20.1 Å². The normalized spacial score (nSPS) is 15.4. The smallest absolute Gasteiger partial charge is 0.116 e. The fraction of sp³-hybridized carbons (Fsp3) is 0.250. The van der Waals surface area contributed by atoms with Gasteiger partial charge in [-0.25, -0.2) is 0 Å². The fourth-order valence-corrected chi connectivity index (χ4v) is 9.83. The van der Waals surface area contributed by atoms with Crippen LogP contribution in [0.5, 0.6) is 0 Å². The van der Waals surface area contributed by atoms with Crippen LogP contribution in [-0.4, -0.2) is 24.6 Å². The maximum Gasteiger partial charge on any atom is 0.116 e. The van der Waals surface area contributed by atoms with Gasteiger partial charge < -0.3 is 4.48 Å². The molecule has 1 nitrogen and oxygen atoms in total. The van der Waals surface area contributed by atoms with Crippen LogP contribution in [0.2, 0.25) is 0 Å². The quantitative estimate of drug-likeness (QED) is 0.224. The SMILES string of the molecule is Cc1ccc(C[P+](c2ccccc2)(c2ccccc2)c2ccc(C[N+]3(C)CCCC3)cc2)cc1. The first-order chi connectivity index (χ1) is 16.6. The van der Waals surface area contributed by atoms with Crippen molar-refractivity contribution in [3.63, 3.8) is 0 Å². The predicted molar refractivity (Wildman–Crippen MR) is 149 cm³/mol. The van der Waals surface area contributed by atoms with Gasteiger partial charge in [-0.2, -0.15) is 0 Å². The summed E-state index contributed by atoms with van der Waals surface area (Å²) in [4.78, 5) is 0. The summed E-state index contributed by atoms with van der Waals surface area (Å²) in [5, 5.41) is 4.37. The first kappa shape index (κ1) is 23.0. The Kier molecular flexibility index (Phi) is 6.68. The molecule has 0 N–H and O–H groups in total. The standard InChI is InChI=1S/C32H36NP/c1-27-15-17-29(18-16-27)26-34(30-11-5-3-6-12-30,31-13-7-4-8-14-31)32-21-19-28(20-22-32)25-33(2)23-9-10-24-33/h3-8,11-22H,9-10,23-26H2,1-2H3/q+2. The van der Waals surface area contributed by atoms with Crippen molar-refractivity contribution in [2.24, 2.45) is 0 Å². The molecule has 0 atom stereocenters. The molecule has 1 heterocycles. The lowest BCUT2D eigenvalue weighted by Crippen LogP contribution is -2.39. The van der Waals surface area contributed by atoms with E-state index in [9.17, 15) is 0 Å². The van der Waals surface area contributed by atoms with Gasteiger partial charge >= 0.3 is 0 Å². The summed E-state index contributed by atoms with van der Waals surface area (Å²) < 4.78 is 1.18. The van der Waals surface area contributed by atoms with Crippen LogP contribution >= 0.6 is 7.26 Å². The molecule has 0 aliphatic carbocycles. The van der Waals surface area contributed by atoms with E-state index >= 15 is 0 Å². The van der Waals surface area contributed by atoms with Gasteiger partial charge in [-0.1, -0.05) is 66.2 Å². The zero-order valence-corrected chi connectivity index (χ0v) is 21.4. The van der Waals surface area contributed by atoms with E-state index in [-0.39, 0.29) is 0 Å². The minimum Gasteiger partial charge on any atom is -0.322 e. The predicted octanol–water partition coefficient (Wildman–Crippen LogP) is 6.23. The van der Waals surface area contributed by atoms with Crippen LogP contribution in [0.15, 0.2) is 109 Å². The fourth-order valence-electron chi connectivity index (χ4n) is 5.61. The molecule has 4 aromatic rings. The Balaban J connectivity index is 1.63. The van der Waals surface area contributed by atoms with Crippen molar-refractivity contribution >= 4 is 23.2 Å². The van der Waals surface area contributed by atoms with Crippen molar-refractivity contribution in [1.29, 1.82) is 0 Å². The van der Waals surface area contributed by atoms with Crippen LogP contribution in [0.3, 0.4) is 0 Å². The molecule has 2 heteroatoms. The number of quaternary nitrogens is 1. The monoisotopic (exact) mass is 465 g/mol. The minimum atomic E-state index is -1.87. The highest BCUT2D eigenvalue weighted by Gasteiger charge is 2.45. The second-order valence-corrected chi connectivity index (χ2v) is 13.7. The largest absolute Gasteiger partial charge is 0.322 e. The molecule has 34 heavy (non-hydrogen) atoms.